The molecule has 2 atom stereocenters. The van der Waals surface area contributed by atoms with Gasteiger partial charge in [-0.05, 0) is 36.7 Å². The number of carbonyl (C=O) groups is 1. The van der Waals surface area contributed by atoms with Crippen molar-refractivity contribution >= 4 is 17.5 Å². The molecular weight excluding hydrogens is 264 g/mol. The van der Waals surface area contributed by atoms with Crippen LogP contribution in [0.5, 0.6) is 5.75 Å². The smallest absolute Gasteiger partial charge is 0.264 e. The first-order valence-corrected chi connectivity index (χ1v) is 6.95. The lowest BCUT2D eigenvalue weighted by molar-refractivity contribution is -0.138. The second-order valence-corrected chi connectivity index (χ2v) is 5.59. The molecule has 102 valence electrons. The molecule has 2 aliphatic rings. The number of rotatable bonds is 2. The zero-order valence-corrected chi connectivity index (χ0v) is 11.6. The van der Waals surface area contributed by atoms with Gasteiger partial charge in [0.25, 0.3) is 5.91 Å². The third kappa shape index (κ3) is 2.42. The molecule has 3 rings (SSSR count). The van der Waals surface area contributed by atoms with Gasteiger partial charge >= 0.3 is 0 Å². The summed E-state index contributed by atoms with van der Waals surface area (Å²) in [5, 5.41) is 3.96. The molecule has 2 aliphatic heterocycles. The van der Waals surface area contributed by atoms with Gasteiger partial charge in [0.15, 0.2) is 6.10 Å². The number of hydrogen-bond donors (Lipinski definition) is 1. The van der Waals surface area contributed by atoms with Gasteiger partial charge in [0.05, 0.1) is 0 Å². The molecule has 0 saturated carbocycles. The number of ether oxygens (including phenoxy) is 1. The molecule has 1 saturated heterocycles. The fourth-order valence-electron chi connectivity index (χ4n) is 2.73. The summed E-state index contributed by atoms with van der Waals surface area (Å²) in [5.74, 6) is 0.835. The van der Waals surface area contributed by atoms with Gasteiger partial charge in [0.2, 0.25) is 0 Å². The Balaban J connectivity index is 1.70. The SMILES string of the molecule is CN(C(=O)C1Cc2cc(Cl)ccc2O1)C1CCNC1. The zero-order chi connectivity index (χ0) is 13.4. The molecular formula is C14H17ClN2O2. The van der Waals surface area contributed by atoms with Crippen molar-refractivity contribution in [3.05, 3.63) is 28.8 Å². The van der Waals surface area contributed by atoms with Crippen molar-refractivity contribution in [2.24, 2.45) is 0 Å². The molecule has 2 heterocycles. The van der Waals surface area contributed by atoms with Gasteiger partial charge in [-0.3, -0.25) is 4.79 Å². The highest BCUT2D eigenvalue weighted by molar-refractivity contribution is 6.30. The average Bonchev–Trinajstić information content (AvgIpc) is 3.05. The van der Waals surface area contributed by atoms with Crippen LogP contribution < -0.4 is 10.1 Å². The molecule has 1 aromatic rings. The Morgan fingerprint density at radius 1 is 1.53 bits per heavy atom. The van der Waals surface area contributed by atoms with Crippen LogP contribution in [-0.4, -0.2) is 43.1 Å². The fraction of sp³-hybridized carbons (Fsp3) is 0.500. The maximum atomic E-state index is 12.4. The van der Waals surface area contributed by atoms with E-state index in [1.807, 2.05) is 24.1 Å². The Morgan fingerprint density at radius 3 is 3.11 bits per heavy atom. The highest BCUT2D eigenvalue weighted by Crippen LogP contribution is 2.31. The Labute approximate surface area is 117 Å². The van der Waals surface area contributed by atoms with E-state index in [9.17, 15) is 4.79 Å². The molecule has 0 aromatic heterocycles. The van der Waals surface area contributed by atoms with Crippen LogP contribution in [0.2, 0.25) is 5.02 Å². The van der Waals surface area contributed by atoms with Crippen LogP contribution in [0.4, 0.5) is 0 Å². The lowest BCUT2D eigenvalue weighted by atomic mass is 10.1. The van der Waals surface area contributed by atoms with Crippen molar-refractivity contribution in [1.82, 2.24) is 10.2 Å². The molecule has 0 aliphatic carbocycles. The summed E-state index contributed by atoms with van der Waals surface area (Å²) in [4.78, 5) is 14.2. The third-order valence-corrected chi connectivity index (χ3v) is 4.14. The normalized spacial score (nSPS) is 24.9. The molecule has 0 spiro atoms. The lowest BCUT2D eigenvalue weighted by Gasteiger charge is -2.26. The number of nitrogens with one attached hydrogen (secondary N) is 1. The third-order valence-electron chi connectivity index (χ3n) is 3.90. The van der Waals surface area contributed by atoms with Crippen molar-refractivity contribution in [1.29, 1.82) is 0 Å². The number of benzene rings is 1. The minimum atomic E-state index is -0.404. The molecule has 19 heavy (non-hydrogen) atoms. The van der Waals surface area contributed by atoms with Gasteiger partial charge in [0, 0.05) is 31.1 Å². The van der Waals surface area contributed by atoms with Crippen molar-refractivity contribution in [2.75, 3.05) is 20.1 Å². The van der Waals surface area contributed by atoms with Crippen LogP contribution in [0.1, 0.15) is 12.0 Å². The quantitative estimate of drug-likeness (QED) is 0.892. The van der Waals surface area contributed by atoms with Gasteiger partial charge in [-0.1, -0.05) is 11.6 Å². The monoisotopic (exact) mass is 280 g/mol. The van der Waals surface area contributed by atoms with Crippen molar-refractivity contribution in [2.45, 2.75) is 25.0 Å². The van der Waals surface area contributed by atoms with E-state index in [4.69, 9.17) is 16.3 Å². The van der Waals surface area contributed by atoms with E-state index >= 15 is 0 Å². The van der Waals surface area contributed by atoms with E-state index in [0.29, 0.717) is 11.4 Å². The molecule has 2 unspecified atom stereocenters. The number of amides is 1. The Morgan fingerprint density at radius 2 is 2.37 bits per heavy atom. The number of halogens is 1. The minimum Gasteiger partial charge on any atom is -0.480 e. The molecule has 5 heteroatoms. The van der Waals surface area contributed by atoms with E-state index in [0.717, 1.165) is 30.8 Å². The standard InChI is InChI=1S/C14H17ClN2O2/c1-17(11-4-5-16-8-11)14(18)13-7-9-6-10(15)2-3-12(9)19-13/h2-3,6,11,13,16H,4-5,7-8H2,1H3. The first-order valence-electron chi connectivity index (χ1n) is 6.57. The summed E-state index contributed by atoms with van der Waals surface area (Å²) in [6.07, 6.45) is 1.21. The molecule has 1 fully saturated rings. The molecule has 0 radical (unpaired) electrons. The summed E-state index contributed by atoms with van der Waals surface area (Å²) < 4.78 is 5.73. The number of likely N-dealkylation sites (N-methyl/N-ethyl adjacent to an activating group) is 1. The summed E-state index contributed by atoms with van der Waals surface area (Å²) in [7, 11) is 1.86. The molecule has 0 bridgehead atoms. The van der Waals surface area contributed by atoms with Gasteiger partial charge in [0.1, 0.15) is 5.75 Å². The number of hydrogen-bond acceptors (Lipinski definition) is 3. The average molecular weight is 281 g/mol. The highest BCUT2D eigenvalue weighted by atomic mass is 35.5. The van der Waals surface area contributed by atoms with E-state index < -0.39 is 6.10 Å². The number of carbonyl (C=O) groups excluding carboxylic acids is 1. The Hall–Kier alpha value is -1.26. The second kappa shape index (κ2) is 5.02. The Bertz CT molecular complexity index is 500. The topological polar surface area (TPSA) is 41.6 Å². The Kier molecular flexibility index (Phi) is 3.37. The minimum absolute atomic E-state index is 0.0565. The van der Waals surface area contributed by atoms with Crippen LogP contribution in [0, 0.1) is 0 Å². The largest absolute Gasteiger partial charge is 0.480 e. The molecule has 1 aromatic carbocycles. The van der Waals surface area contributed by atoms with Gasteiger partial charge in [-0.15, -0.1) is 0 Å². The van der Waals surface area contributed by atoms with Gasteiger partial charge in [-0.25, -0.2) is 0 Å². The maximum absolute atomic E-state index is 12.4. The van der Waals surface area contributed by atoms with Crippen LogP contribution in [0.15, 0.2) is 18.2 Å². The summed E-state index contributed by atoms with van der Waals surface area (Å²) in [6, 6.07) is 5.78. The number of nitrogens with zero attached hydrogens (tertiary/aromatic N) is 1. The maximum Gasteiger partial charge on any atom is 0.264 e. The predicted octanol–water partition coefficient (Wildman–Crippen LogP) is 1.46. The zero-order valence-electron chi connectivity index (χ0n) is 10.9. The predicted molar refractivity (Wildman–Crippen MR) is 73.6 cm³/mol. The molecule has 1 N–H and O–H groups in total. The first kappa shape index (κ1) is 12.8. The van der Waals surface area contributed by atoms with Gasteiger partial charge < -0.3 is 15.0 Å². The van der Waals surface area contributed by atoms with Crippen LogP contribution in [0.3, 0.4) is 0 Å². The highest BCUT2D eigenvalue weighted by Gasteiger charge is 2.34. The first-order chi connectivity index (χ1) is 9.15. The summed E-state index contributed by atoms with van der Waals surface area (Å²) in [6.45, 7) is 1.84. The van der Waals surface area contributed by atoms with E-state index in [-0.39, 0.29) is 11.9 Å². The van der Waals surface area contributed by atoms with E-state index in [1.165, 1.54) is 0 Å². The van der Waals surface area contributed by atoms with Crippen LogP contribution in [0.25, 0.3) is 0 Å². The second-order valence-electron chi connectivity index (χ2n) is 5.16. The lowest BCUT2D eigenvalue weighted by Crippen LogP contribution is -2.45. The number of fused-ring (bicyclic) bond motifs is 1. The fourth-order valence-corrected chi connectivity index (χ4v) is 2.93. The summed E-state index contributed by atoms with van der Waals surface area (Å²) >= 11 is 5.96. The van der Waals surface area contributed by atoms with Crippen molar-refractivity contribution in [3.8, 4) is 5.75 Å². The van der Waals surface area contributed by atoms with Crippen LogP contribution >= 0.6 is 11.6 Å². The van der Waals surface area contributed by atoms with E-state index in [2.05, 4.69) is 5.32 Å². The summed E-state index contributed by atoms with van der Waals surface area (Å²) in [5.41, 5.74) is 1.02. The van der Waals surface area contributed by atoms with Crippen LogP contribution in [-0.2, 0) is 11.2 Å². The van der Waals surface area contributed by atoms with Crippen molar-refractivity contribution in [3.63, 3.8) is 0 Å². The molecule has 4 nitrogen and oxygen atoms in total. The van der Waals surface area contributed by atoms with Crippen molar-refractivity contribution < 1.29 is 9.53 Å². The molecule has 1 amide bonds. The van der Waals surface area contributed by atoms with E-state index in [1.54, 1.807) is 6.07 Å². The van der Waals surface area contributed by atoms with Gasteiger partial charge in [-0.2, -0.15) is 0 Å².